The van der Waals surface area contributed by atoms with Crippen LogP contribution in [0.2, 0.25) is 0 Å². The Labute approximate surface area is 94.2 Å². The van der Waals surface area contributed by atoms with Crippen LogP contribution in [0.1, 0.15) is 18.4 Å². The molecule has 3 heteroatoms. The largest absolute Gasteiger partial charge is 0.317 e. The molecule has 86 valence electrons. The Morgan fingerprint density at radius 3 is 2.31 bits per heavy atom. The molecule has 0 saturated carbocycles. The van der Waals surface area contributed by atoms with Crippen LogP contribution in [0.4, 0.5) is 8.78 Å². The molecule has 1 saturated heterocycles. The van der Waals surface area contributed by atoms with Crippen LogP contribution >= 0.6 is 0 Å². The maximum atomic E-state index is 12.9. The van der Waals surface area contributed by atoms with E-state index in [1.165, 1.54) is 12.1 Å². The van der Waals surface area contributed by atoms with Gasteiger partial charge in [0.25, 0.3) is 0 Å². The van der Waals surface area contributed by atoms with E-state index in [2.05, 4.69) is 11.4 Å². The van der Waals surface area contributed by atoms with E-state index < -0.39 is 11.6 Å². The smallest absolute Gasteiger partial charge is 0.126 e. The van der Waals surface area contributed by atoms with E-state index >= 15 is 0 Å². The Kier molecular flexibility index (Phi) is 3.67. The summed E-state index contributed by atoms with van der Waals surface area (Å²) >= 11 is 0. The monoisotopic (exact) mass is 223 g/mol. The van der Waals surface area contributed by atoms with Gasteiger partial charge in [-0.3, -0.25) is 0 Å². The Morgan fingerprint density at radius 2 is 1.69 bits per heavy atom. The summed E-state index contributed by atoms with van der Waals surface area (Å²) in [6, 6.07) is 3.59. The molecule has 2 rings (SSSR count). The number of hydrogen-bond donors (Lipinski definition) is 1. The highest BCUT2D eigenvalue weighted by Crippen LogP contribution is 2.16. The number of nitrogens with one attached hydrogen (secondary N) is 1. The molecule has 0 amide bonds. The predicted octanol–water partition coefficient (Wildman–Crippen LogP) is 2.98. The molecule has 1 aliphatic heterocycles. The van der Waals surface area contributed by atoms with Crippen molar-refractivity contribution in [1.29, 1.82) is 0 Å². The van der Waals surface area contributed by atoms with Gasteiger partial charge in [-0.1, -0.05) is 12.2 Å². The molecule has 0 unspecified atom stereocenters. The molecule has 0 aromatic heterocycles. The van der Waals surface area contributed by atoms with Gasteiger partial charge in [-0.2, -0.15) is 0 Å². The van der Waals surface area contributed by atoms with Gasteiger partial charge in [0.2, 0.25) is 0 Å². The third kappa shape index (κ3) is 3.14. The van der Waals surface area contributed by atoms with Gasteiger partial charge in [-0.25, -0.2) is 8.78 Å². The normalized spacial score (nSPS) is 18.1. The van der Waals surface area contributed by atoms with Crippen LogP contribution < -0.4 is 5.32 Å². The Morgan fingerprint density at radius 1 is 1.06 bits per heavy atom. The second-order valence-electron chi connectivity index (χ2n) is 4.15. The van der Waals surface area contributed by atoms with Crippen molar-refractivity contribution in [2.75, 3.05) is 13.1 Å². The third-order valence-corrected chi connectivity index (χ3v) is 2.83. The molecular weight excluding hydrogens is 208 g/mol. The van der Waals surface area contributed by atoms with Crippen molar-refractivity contribution in [3.63, 3.8) is 0 Å². The third-order valence-electron chi connectivity index (χ3n) is 2.83. The summed E-state index contributed by atoms with van der Waals surface area (Å²) in [6.45, 7) is 2.04. The fraction of sp³-hybridized carbons (Fsp3) is 0.385. The van der Waals surface area contributed by atoms with Crippen LogP contribution in [0.15, 0.2) is 24.3 Å². The molecule has 1 aromatic carbocycles. The second kappa shape index (κ2) is 5.21. The van der Waals surface area contributed by atoms with Gasteiger partial charge >= 0.3 is 0 Å². The number of halogens is 2. The number of hydrogen-bond acceptors (Lipinski definition) is 1. The van der Waals surface area contributed by atoms with Crippen molar-refractivity contribution < 1.29 is 8.78 Å². The van der Waals surface area contributed by atoms with E-state index in [-0.39, 0.29) is 0 Å². The zero-order chi connectivity index (χ0) is 11.4. The molecule has 1 aromatic rings. The minimum atomic E-state index is -0.523. The quantitative estimate of drug-likeness (QED) is 0.812. The van der Waals surface area contributed by atoms with Crippen molar-refractivity contribution in [2.45, 2.75) is 12.8 Å². The SMILES string of the molecule is Fc1cc(F)cc(/C=C/C2CCNCC2)c1. The maximum Gasteiger partial charge on any atom is 0.126 e. The van der Waals surface area contributed by atoms with E-state index in [1.54, 1.807) is 0 Å². The van der Waals surface area contributed by atoms with Gasteiger partial charge in [0.1, 0.15) is 11.6 Å². The summed E-state index contributed by atoms with van der Waals surface area (Å²) in [4.78, 5) is 0. The first-order valence-electron chi connectivity index (χ1n) is 5.59. The summed E-state index contributed by atoms with van der Waals surface area (Å²) < 4.78 is 25.8. The molecule has 1 aliphatic rings. The predicted molar refractivity (Wildman–Crippen MR) is 61.0 cm³/mol. The van der Waals surface area contributed by atoms with Crippen LogP contribution in [0, 0.1) is 17.6 Å². The topological polar surface area (TPSA) is 12.0 Å². The van der Waals surface area contributed by atoms with Crippen molar-refractivity contribution in [1.82, 2.24) is 5.32 Å². The molecule has 16 heavy (non-hydrogen) atoms. The van der Waals surface area contributed by atoms with Gasteiger partial charge in [0.05, 0.1) is 0 Å². The lowest BCUT2D eigenvalue weighted by atomic mass is 9.97. The minimum Gasteiger partial charge on any atom is -0.317 e. The van der Waals surface area contributed by atoms with E-state index in [4.69, 9.17) is 0 Å². The second-order valence-corrected chi connectivity index (χ2v) is 4.15. The summed E-state index contributed by atoms with van der Waals surface area (Å²) in [5, 5.41) is 3.28. The summed E-state index contributed by atoms with van der Waals surface area (Å²) in [7, 11) is 0. The van der Waals surface area contributed by atoms with Crippen LogP contribution in [0.5, 0.6) is 0 Å². The lowest BCUT2D eigenvalue weighted by Gasteiger charge is -2.19. The fourth-order valence-corrected chi connectivity index (χ4v) is 1.96. The highest BCUT2D eigenvalue weighted by Gasteiger charge is 2.09. The van der Waals surface area contributed by atoms with Crippen LogP contribution in [-0.4, -0.2) is 13.1 Å². The number of allylic oxidation sites excluding steroid dienone is 1. The molecule has 0 atom stereocenters. The molecule has 0 radical (unpaired) electrons. The van der Waals surface area contributed by atoms with Gasteiger partial charge in [0.15, 0.2) is 0 Å². The average Bonchev–Trinajstić information content (AvgIpc) is 2.27. The first-order valence-corrected chi connectivity index (χ1v) is 5.59. The maximum absolute atomic E-state index is 12.9. The van der Waals surface area contributed by atoms with Crippen molar-refractivity contribution >= 4 is 6.08 Å². The van der Waals surface area contributed by atoms with Gasteiger partial charge < -0.3 is 5.32 Å². The number of rotatable bonds is 2. The van der Waals surface area contributed by atoms with E-state index in [0.717, 1.165) is 32.0 Å². The van der Waals surface area contributed by atoms with Gasteiger partial charge in [0, 0.05) is 6.07 Å². The van der Waals surface area contributed by atoms with Crippen molar-refractivity contribution in [3.05, 3.63) is 41.5 Å². The fourth-order valence-electron chi connectivity index (χ4n) is 1.96. The van der Waals surface area contributed by atoms with Gasteiger partial charge in [-0.15, -0.1) is 0 Å². The molecule has 0 aliphatic carbocycles. The zero-order valence-corrected chi connectivity index (χ0v) is 9.05. The molecule has 1 N–H and O–H groups in total. The molecule has 1 fully saturated rings. The molecule has 0 bridgehead atoms. The lowest BCUT2D eigenvalue weighted by molar-refractivity contribution is 0.438. The molecular formula is C13H15F2N. The molecule has 1 nitrogen and oxygen atoms in total. The zero-order valence-electron chi connectivity index (χ0n) is 9.05. The van der Waals surface area contributed by atoms with Gasteiger partial charge in [-0.05, 0) is 49.5 Å². The molecule has 1 heterocycles. The molecule has 0 spiro atoms. The van der Waals surface area contributed by atoms with Crippen LogP contribution in [0.25, 0.3) is 6.08 Å². The standard InChI is InChI=1S/C13H15F2N/c14-12-7-11(8-13(15)9-12)2-1-10-3-5-16-6-4-10/h1-2,7-10,16H,3-6H2/b2-1+. The van der Waals surface area contributed by atoms with Crippen molar-refractivity contribution in [2.24, 2.45) is 5.92 Å². The summed E-state index contributed by atoms with van der Waals surface area (Å²) in [5.41, 5.74) is 0.594. The van der Waals surface area contributed by atoms with E-state index in [1.807, 2.05) is 6.08 Å². The number of benzene rings is 1. The Hall–Kier alpha value is -1.22. The van der Waals surface area contributed by atoms with E-state index in [0.29, 0.717) is 11.5 Å². The highest BCUT2D eigenvalue weighted by molar-refractivity contribution is 5.49. The Balaban J connectivity index is 2.04. The van der Waals surface area contributed by atoms with Crippen LogP contribution in [-0.2, 0) is 0 Å². The summed E-state index contributed by atoms with van der Waals surface area (Å²) in [6.07, 6.45) is 6.04. The Bertz CT molecular complexity index is 361. The lowest BCUT2D eigenvalue weighted by Crippen LogP contribution is -2.26. The average molecular weight is 223 g/mol. The number of piperidine rings is 1. The van der Waals surface area contributed by atoms with Crippen LogP contribution in [0.3, 0.4) is 0 Å². The first kappa shape index (κ1) is 11.3. The van der Waals surface area contributed by atoms with E-state index in [9.17, 15) is 8.78 Å². The summed E-state index contributed by atoms with van der Waals surface area (Å²) in [5.74, 6) is -0.525. The first-order chi connectivity index (χ1) is 7.74. The van der Waals surface area contributed by atoms with Crippen molar-refractivity contribution in [3.8, 4) is 0 Å². The minimum absolute atomic E-state index is 0.521. The highest BCUT2D eigenvalue weighted by atomic mass is 19.1.